The van der Waals surface area contributed by atoms with E-state index in [0.717, 1.165) is 5.56 Å². The van der Waals surface area contributed by atoms with Crippen molar-refractivity contribution in [2.75, 3.05) is 13.1 Å². The first kappa shape index (κ1) is 14.4. The Morgan fingerprint density at radius 1 is 1.35 bits per heavy atom. The molecule has 0 heterocycles. The highest BCUT2D eigenvalue weighted by molar-refractivity contribution is 6.30. The van der Waals surface area contributed by atoms with E-state index in [-0.39, 0.29) is 19.0 Å². The van der Waals surface area contributed by atoms with Crippen molar-refractivity contribution >= 4 is 23.5 Å². The number of rotatable bonds is 5. The highest BCUT2D eigenvalue weighted by Crippen LogP contribution is 2.49. The lowest BCUT2D eigenvalue weighted by Gasteiger charge is -2.24. The summed E-state index contributed by atoms with van der Waals surface area (Å²) in [5, 5.41) is 9.47. The van der Waals surface area contributed by atoms with Gasteiger partial charge in [-0.05, 0) is 30.5 Å². The third-order valence-electron chi connectivity index (χ3n) is 3.45. The fraction of sp³-hybridized carbons (Fsp3) is 0.333. The molecule has 1 N–H and O–H groups in total. The Kier molecular flexibility index (Phi) is 4.01. The number of benzene rings is 1. The lowest BCUT2D eigenvalue weighted by Crippen LogP contribution is -2.42. The lowest BCUT2D eigenvalue weighted by atomic mass is 9.94. The summed E-state index contributed by atoms with van der Waals surface area (Å²) in [6.07, 6.45) is 6.62. The van der Waals surface area contributed by atoms with Gasteiger partial charge in [-0.25, -0.2) is 0 Å². The van der Waals surface area contributed by atoms with Gasteiger partial charge in [0.25, 0.3) is 0 Å². The summed E-state index contributed by atoms with van der Waals surface area (Å²) in [6, 6.07) is 7.07. The maximum absolute atomic E-state index is 12.6. The Hall–Kier alpha value is -1.99. The number of halogens is 1. The highest BCUT2D eigenvalue weighted by atomic mass is 35.5. The normalized spacial score (nSPS) is 15.2. The van der Waals surface area contributed by atoms with Crippen molar-refractivity contribution in [2.24, 2.45) is 0 Å². The van der Waals surface area contributed by atoms with E-state index >= 15 is 0 Å². The zero-order valence-corrected chi connectivity index (χ0v) is 11.6. The van der Waals surface area contributed by atoms with Gasteiger partial charge in [-0.2, -0.15) is 0 Å². The molecule has 1 fully saturated rings. The molecule has 0 aromatic heterocycles. The number of terminal acetylenes is 1. The molecule has 1 aliphatic carbocycles. The van der Waals surface area contributed by atoms with E-state index in [2.05, 4.69) is 5.92 Å². The van der Waals surface area contributed by atoms with E-state index in [0.29, 0.717) is 17.9 Å². The van der Waals surface area contributed by atoms with Crippen LogP contribution in [0.3, 0.4) is 0 Å². The lowest BCUT2D eigenvalue weighted by molar-refractivity contribution is -0.145. The van der Waals surface area contributed by atoms with Gasteiger partial charge in [-0.1, -0.05) is 29.7 Å². The second kappa shape index (κ2) is 5.56. The van der Waals surface area contributed by atoms with Crippen molar-refractivity contribution < 1.29 is 14.7 Å². The van der Waals surface area contributed by atoms with E-state index in [9.17, 15) is 9.59 Å². The number of hydrogen-bond acceptors (Lipinski definition) is 2. The molecule has 0 saturated heterocycles. The molecule has 1 saturated carbocycles. The van der Waals surface area contributed by atoms with Gasteiger partial charge in [-0.3, -0.25) is 9.59 Å². The van der Waals surface area contributed by atoms with Gasteiger partial charge >= 0.3 is 5.97 Å². The maximum atomic E-state index is 12.6. The van der Waals surface area contributed by atoms with Crippen LogP contribution in [0.4, 0.5) is 0 Å². The van der Waals surface area contributed by atoms with E-state index < -0.39 is 11.4 Å². The van der Waals surface area contributed by atoms with Crippen LogP contribution in [0.25, 0.3) is 0 Å². The zero-order valence-electron chi connectivity index (χ0n) is 10.8. The Morgan fingerprint density at radius 2 is 1.95 bits per heavy atom. The molecule has 1 aromatic carbocycles. The average Bonchev–Trinajstić information content (AvgIpc) is 3.19. The molecule has 0 spiro atoms. The molecule has 0 aliphatic heterocycles. The number of carbonyl (C=O) groups is 2. The molecule has 1 aliphatic rings. The van der Waals surface area contributed by atoms with Gasteiger partial charge < -0.3 is 10.0 Å². The summed E-state index contributed by atoms with van der Waals surface area (Å²) in [5.74, 6) is 1.04. The van der Waals surface area contributed by atoms with E-state index in [4.69, 9.17) is 23.1 Å². The molecule has 104 valence electrons. The number of aliphatic carboxylic acids is 1. The van der Waals surface area contributed by atoms with Crippen LogP contribution in [0.2, 0.25) is 5.02 Å². The second-order valence-electron chi connectivity index (χ2n) is 4.85. The number of carbonyl (C=O) groups excluding carboxylic acids is 1. The second-order valence-corrected chi connectivity index (χ2v) is 5.28. The molecule has 0 bridgehead atoms. The quantitative estimate of drug-likeness (QED) is 0.843. The summed E-state index contributed by atoms with van der Waals surface area (Å²) in [5.41, 5.74) is 0.232. The van der Waals surface area contributed by atoms with Crippen LogP contribution < -0.4 is 0 Å². The number of amides is 1. The van der Waals surface area contributed by atoms with Crippen LogP contribution in [0, 0.1) is 12.3 Å². The smallest absolute Gasteiger partial charge is 0.323 e. The molecule has 1 amide bonds. The number of carboxylic acids is 1. The van der Waals surface area contributed by atoms with Crippen molar-refractivity contribution in [3.8, 4) is 12.3 Å². The van der Waals surface area contributed by atoms with Gasteiger partial charge in [0, 0.05) is 5.02 Å². The first-order valence-electron chi connectivity index (χ1n) is 6.20. The van der Waals surface area contributed by atoms with Crippen molar-refractivity contribution in [3.63, 3.8) is 0 Å². The third-order valence-corrected chi connectivity index (χ3v) is 3.70. The maximum Gasteiger partial charge on any atom is 0.323 e. The number of carboxylic acid groups (broad SMARTS) is 1. The molecule has 1 aromatic rings. The predicted octanol–water partition coefficient (Wildman–Crippen LogP) is 1.92. The van der Waals surface area contributed by atoms with Crippen molar-refractivity contribution in [3.05, 3.63) is 34.9 Å². The Labute approximate surface area is 122 Å². The monoisotopic (exact) mass is 291 g/mol. The summed E-state index contributed by atoms with van der Waals surface area (Å²) in [4.78, 5) is 24.6. The van der Waals surface area contributed by atoms with E-state index in [1.165, 1.54) is 4.90 Å². The van der Waals surface area contributed by atoms with Crippen molar-refractivity contribution in [1.82, 2.24) is 4.90 Å². The minimum atomic E-state index is -1.07. The van der Waals surface area contributed by atoms with Gasteiger partial charge in [0.2, 0.25) is 5.91 Å². The number of hydrogen-bond donors (Lipinski definition) is 1. The molecule has 0 radical (unpaired) electrons. The van der Waals surface area contributed by atoms with Crippen LogP contribution in [0.5, 0.6) is 0 Å². The van der Waals surface area contributed by atoms with Crippen LogP contribution in [0.1, 0.15) is 18.4 Å². The predicted molar refractivity (Wildman–Crippen MR) is 75.4 cm³/mol. The summed E-state index contributed by atoms with van der Waals surface area (Å²) in [7, 11) is 0. The first-order chi connectivity index (χ1) is 9.49. The molecule has 4 nitrogen and oxygen atoms in total. The zero-order chi connectivity index (χ0) is 14.8. The summed E-state index contributed by atoms with van der Waals surface area (Å²) < 4.78 is 0. The van der Waals surface area contributed by atoms with Gasteiger partial charge in [0.15, 0.2) is 0 Å². The van der Waals surface area contributed by atoms with Crippen LogP contribution >= 0.6 is 11.6 Å². The number of nitrogens with zero attached hydrogens (tertiary/aromatic N) is 1. The molecule has 0 unspecified atom stereocenters. The Bertz CT molecular complexity index is 570. The summed E-state index contributed by atoms with van der Waals surface area (Å²) in [6.45, 7) is -0.376. The molecular formula is C15H14ClNO3. The first-order valence-corrected chi connectivity index (χ1v) is 6.58. The molecular weight excluding hydrogens is 278 g/mol. The Morgan fingerprint density at radius 3 is 2.40 bits per heavy atom. The van der Waals surface area contributed by atoms with Crippen LogP contribution in [0.15, 0.2) is 24.3 Å². The SMILES string of the molecule is C#CCN(CC(=O)O)C(=O)C1(c2ccc(Cl)cc2)CC1. The topological polar surface area (TPSA) is 57.6 Å². The Balaban J connectivity index is 2.24. The minimum absolute atomic E-state index is 0.000469. The third kappa shape index (κ3) is 2.78. The fourth-order valence-electron chi connectivity index (χ4n) is 2.30. The van der Waals surface area contributed by atoms with Crippen molar-refractivity contribution in [2.45, 2.75) is 18.3 Å². The van der Waals surface area contributed by atoms with Crippen LogP contribution in [-0.2, 0) is 15.0 Å². The molecule has 2 rings (SSSR count). The van der Waals surface area contributed by atoms with Crippen molar-refractivity contribution in [1.29, 1.82) is 0 Å². The standard InChI is InChI=1S/C15H14ClNO3/c1-2-9-17(10-13(18)19)14(20)15(7-8-15)11-3-5-12(16)6-4-11/h1,3-6H,7-10H2,(H,18,19). The van der Waals surface area contributed by atoms with Gasteiger partial charge in [0.05, 0.1) is 12.0 Å². The minimum Gasteiger partial charge on any atom is -0.480 e. The highest BCUT2D eigenvalue weighted by Gasteiger charge is 2.53. The van der Waals surface area contributed by atoms with E-state index in [1.807, 2.05) is 12.1 Å². The molecule has 0 atom stereocenters. The molecule has 20 heavy (non-hydrogen) atoms. The van der Waals surface area contributed by atoms with Crippen LogP contribution in [-0.4, -0.2) is 35.0 Å². The van der Waals surface area contributed by atoms with Gasteiger partial charge in [-0.15, -0.1) is 6.42 Å². The fourth-order valence-corrected chi connectivity index (χ4v) is 2.42. The summed E-state index contributed by atoms with van der Waals surface area (Å²) >= 11 is 5.84. The van der Waals surface area contributed by atoms with Gasteiger partial charge in [0.1, 0.15) is 6.54 Å². The van der Waals surface area contributed by atoms with E-state index in [1.54, 1.807) is 12.1 Å². The average molecular weight is 292 g/mol. The molecule has 5 heteroatoms. The largest absolute Gasteiger partial charge is 0.480 e.